The second-order valence-corrected chi connectivity index (χ2v) is 19.3. The summed E-state index contributed by atoms with van der Waals surface area (Å²) in [5, 5.41) is 2.19. The highest BCUT2D eigenvalue weighted by molar-refractivity contribution is 6.07. The van der Waals surface area contributed by atoms with Crippen LogP contribution in [0, 0.1) is 0 Å². The van der Waals surface area contributed by atoms with Crippen LogP contribution in [0.15, 0.2) is 271 Å². The van der Waals surface area contributed by atoms with E-state index < -0.39 is 5.41 Å². The van der Waals surface area contributed by atoms with Gasteiger partial charge in [0.2, 0.25) is 0 Å². The van der Waals surface area contributed by atoms with E-state index in [4.69, 9.17) is 4.42 Å². The Morgan fingerprint density at radius 2 is 0.803 bits per heavy atom. The van der Waals surface area contributed by atoms with Crippen LogP contribution < -0.4 is 4.90 Å². The third-order valence-electron chi connectivity index (χ3n) is 15.7. The standard InChI is InChI=1S/C69H47NO/c1-68(49-19-5-2-6-20-49)61-29-15-11-26-55(61)57-40-35-47(43-63(57)68)46-33-37-52(38-34-46)70(53-39-42-67-60(45-53)59-28-14-18-32-66(59)71-67)65-31-17-13-25-54(65)48-36-41-58-56-27-12-16-30-62(56)69(64(58)44-48,50-21-7-3-8-22-50)51-23-9-4-10-24-51/h2-45H,1H3. The number of rotatable bonds is 8. The first-order valence-corrected chi connectivity index (χ1v) is 24.7. The summed E-state index contributed by atoms with van der Waals surface area (Å²) < 4.78 is 6.39. The molecule has 0 saturated carbocycles. The Hall–Kier alpha value is -8.98. The summed E-state index contributed by atoms with van der Waals surface area (Å²) >= 11 is 0. The average molecular weight is 906 g/mol. The van der Waals surface area contributed by atoms with E-state index in [-0.39, 0.29) is 5.41 Å². The lowest BCUT2D eigenvalue weighted by molar-refractivity contribution is 0.669. The third-order valence-corrected chi connectivity index (χ3v) is 15.7. The first-order chi connectivity index (χ1) is 35.1. The van der Waals surface area contributed by atoms with Gasteiger partial charge in [0.25, 0.3) is 0 Å². The number of fused-ring (bicyclic) bond motifs is 9. The van der Waals surface area contributed by atoms with Crippen LogP contribution in [0.3, 0.4) is 0 Å². The van der Waals surface area contributed by atoms with Crippen LogP contribution in [-0.2, 0) is 10.8 Å². The molecule has 0 fully saturated rings. The predicted octanol–water partition coefficient (Wildman–Crippen LogP) is 18.1. The summed E-state index contributed by atoms with van der Waals surface area (Å²) in [6.07, 6.45) is 0. The molecular weight excluding hydrogens is 859 g/mol. The Bertz CT molecular complexity index is 3960. The lowest BCUT2D eigenvalue weighted by atomic mass is 9.67. The minimum absolute atomic E-state index is 0.276. The van der Waals surface area contributed by atoms with Gasteiger partial charge in [0.05, 0.1) is 11.1 Å². The summed E-state index contributed by atoms with van der Waals surface area (Å²) in [7, 11) is 0. The van der Waals surface area contributed by atoms with Crippen molar-refractivity contribution >= 4 is 39.0 Å². The van der Waals surface area contributed by atoms with Crippen LogP contribution in [0.5, 0.6) is 0 Å². The average Bonchev–Trinajstić information content (AvgIpc) is 4.06. The summed E-state index contributed by atoms with van der Waals surface area (Å²) in [5.41, 5.74) is 23.1. The van der Waals surface area contributed by atoms with Gasteiger partial charge in [-0.3, -0.25) is 0 Å². The topological polar surface area (TPSA) is 16.4 Å². The maximum absolute atomic E-state index is 6.39. The Kier molecular flexibility index (Phi) is 9.28. The lowest BCUT2D eigenvalue weighted by Crippen LogP contribution is -2.28. The van der Waals surface area contributed by atoms with Crippen LogP contribution in [0.1, 0.15) is 45.9 Å². The van der Waals surface area contributed by atoms with Gasteiger partial charge in [-0.15, -0.1) is 0 Å². The molecule has 0 radical (unpaired) electrons. The van der Waals surface area contributed by atoms with Crippen LogP contribution in [0.4, 0.5) is 17.1 Å². The monoisotopic (exact) mass is 905 g/mol. The van der Waals surface area contributed by atoms with E-state index in [1.807, 2.05) is 6.07 Å². The van der Waals surface area contributed by atoms with Gasteiger partial charge in [-0.05, 0) is 139 Å². The van der Waals surface area contributed by atoms with E-state index in [9.17, 15) is 0 Å². The summed E-state index contributed by atoms with van der Waals surface area (Å²) in [5.74, 6) is 0. The van der Waals surface area contributed by atoms with Crippen molar-refractivity contribution in [2.24, 2.45) is 0 Å². The molecule has 1 atom stereocenters. The molecule has 0 saturated heterocycles. The molecule has 0 spiro atoms. The van der Waals surface area contributed by atoms with E-state index >= 15 is 0 Å². The highest BCUT2D eigenvalue weighted by atomic mass is 16.3. The number of para-hydroxylation sites is 2. The van der Waals surface area contributed by atoms with Gasteiger partial charge >= 0.3 is 0 Å². The van der Waals surface area contributed by atoms with Crippen molar-refractivity contribution in [1.29, 1.82) is 0 Å². The SMILES string of the molecule is CC1(c2ccccc2)c2ccccc2-c2ccc(-c3ccc(N(c4ccc5oc6ccccc6c5c4)c4ccccc4-c4ccc5c(c4)C(c4ccccc4)(c4ccccc4)c4ccccc4-5)cc3)cc21. The first-order valence-electron chi connectivity index (χ1n) is 24.7. The van der Waals surface area contributed by atoms with Crippen LogP contribution in [0.25, 0.3) is 66.4 Å². The van der Waals surface area contributed by atoms with Gasteiger partial charge in [0.15, 0.2) is 0 Å². The molecule has 14 rings (SSSR count). The molecule has 0 amide bonds. The van der Waals surface area contributed by atoms with E-state index in [0.29, 0.717) is 0 Å². The zero-order valence-corrected chi connectivity index (χ0v) is 39.3. The fraction of sp³-hybridized carbons (Fsp3) is 0.0435. The quantitative estimate of drug-likeness (QED) is 0.151. The number of hydrogen-bond acceptors (Lipinski definition) is 2. The van der Waals surface area contributed by atoms with Crippen molar-refractivity contribution in [1.82, 2.24) is 0 Å². The highest BCUT2D eigenvalue weighted by Crippen LogP contribution is 2.58. The minimum Gasteiger partial charge on any atom is -0.456 e. The number of nitrogens with zero attached hydrogens (tertiary/aromatic N) is 1. The Morgan fingerprint density at radius 1 is 0.310 bits per heavy atom. The number of hydrogen-bond donors (Lipinski definition) is 0. The third kappa shape index (κ3) is 6.14. The molecule has 2 aliphatic rings. The molecule has 0 bridgehead atoms. The molecule has 0 N–H and O–H groups in total. The Labute approximate surface area is 414 Å². The van der Waals surface area contributed by atoms with Crippen molar-refractivity contribution in [3.05, 3.63) is 306 Å². The van der Waals surface area contributed by atoms with Crippen molar-refractivity contribution in [2.75, 3.05) is 4.90 Å². The van der Waals surface area contributed by atoms with E-state index in [1.165, 1.54) is 72.3 Å². The smallest absolute Gasteiger partial charge is 0.135 e. The highest BCUT2D eigenvalue weighted by Gasteiger charge is 2.46. The van der Waals surface area contributed by atoms with E-state index in [1.54, 1.807) is 0 Å². The molecule has 71 heavy (non-hydrogen) atoms. The number of benzene rings is 11. The molecule has 2 aliphatic carbocycles. The second-order valence-electron chi connectivity index (χ2n) is 19.3. The molecule has 334 valence electrons. The van der Waals surface area contributed by atoms with Crippen molar-refractivity contribution in [2.45, 2.75) is 17.8 Å². The second kappa shape index (κ2) is 16.1. The van der Waals surface area contributed by atoms with E-state index in [2.05, 4.69) is 273 Å². The number of anilines is 3. The van der Waals surface area contributed by atoms with Gasteiger partial charge in [0.1, 0.15) is 11.2 Å². The molecule has 1 aromatic heterocycles. The number of furan rings is 1. The van der Waals surface area contributed by atoms with Crippen molar-refractivity contribution < 1.29 is 4.42 Å². The lowest BCUT2D eigenvalue weighted by Gasteiger charge is -2.34. The summed E-state index contributed by atoms with van der Waals surface area (Å²) in [6.45, 7) is 2.39. The molecule has 2 nitrogen and oxygen atoms in total. The van der Waals surface area contributed by atoms with Gasteiger partial charge in [0, 0.05) is 33.1 Å². The van der Waals surface area contributed by atoms with Gasteiger partial charge in [-0.1, -0.05) is 212 Å². The molecule has 0 aliphatic heterocycles. The van der Waals surface area contributed by atoms with Crippen molar-refractivity contribution in [3.8, 4) is 44.5 Å². The van der Waals surface area contributed by atoms with Gasteiger partial charge in [-0.2, -0.15) is 0 Å². The van der Waals surface area contributed by atoms with E-state index in [0.717, 1.165) is 50.1 Å². The zero-order valence-electron chi connectivity index (χ0n) is 39.3. The minimum atomic E-state index is -0.513. The summed E-state index contributed by atoms with van der Waals surface area (Å²) in [4.78, 5) is 2.43. The normalized spacial score (nSPS) is 15.0. The van der Waals surface area contributed by atoms with Gasteiger partial charge in [-0.25, -0.2) is 0 Å². The first kappa shape index (κ1) is 41.0. The Morgan fingerprint density at radius 3 is 1.52 bits per heavy atom. The fourth-order valence-electron chi connectivity index (χ4n) is 12.4. The van der Waals surface area contributed by atoms with Crippen LogP contribution in [0.2, 0.25) is 0 Å². The van der Waals surface area contributed by atoms with Gasteiger partial charge < -0.3 is 9.32 Å². The predicted molar refractivity (Wildman–Crippen MR) is 294 cm³/mol. The largest absolute Gasteiger partial charge is 0.456 e. The molecule has 12 aromatic rings. The molecule has 2 heteroatoms. The van der Waals surface area contributed by atoms with Crippen LogP contribution in [-0.4, -0.2) is 0 Å². The molecule has 11 aromatic carbocycles. The maximum Gasteiger partial charge on any atom is 0.135 e. The molecule has 1 unspecified atom stereocenters. The molecular formula is C69H47NO. The molecule has 1 heterocycles. The van der Waals surface area contributed by atoms with Crippen molar-refractivity contribution in [3.63, 3.8) is 0 Å². The zero-order chi connectivity index (χ0) is 47.1. The van der Waals surface area contributed by atoms with Crippen LogP contribution >= 0.6 is 0 Å². The summed E-state index contributed by atoms with van der Waals surface area (Å²) in [6, 6.07) is 98.2. The maximum atomic E-state index is 6.39. The Balaban J connectivity index is 0.937. The fourth-order valence-corrected chi connectivity index (χ4v) is 12.4.